The molecule has 1 fully saturated rings. The van der Waals surface area contributed by atoms with Crippen molar-refractivity contribution in [2.75, 3.05) is 38.1 Å². The lowest BCUT2D eigenvalue weighted by molar-refractivity contribution is -0.131. The van der Waals surface area contributed by atoms with Crippen LogP contribution in [-0.4, -0.2) is 49.2 Å². The second-order valence-corrected chi connectivity index (χ2v) is 5.53. The number of anilines is 1. The fourth-order valence-electron chi connectivity index (χ4n) is 2.10. The lowest BCUT2D eigenvalue weighted by atomic mass is 10.1. The Morgan fingerprint density at radius 1 is 1.32 bits per heavy atom. The molecule has 5 heteroatoms. The van der Waals surface area contributed by atoms with Gasteiger partial charge in [-0.3, -0.25) is 0 Å². The van der Waals surface area contributed by atoms with E-state index in [1.54, 1.807) is 6.08 Å². The maximum absolute atomic E-state index is 10.5. The zero-order valence-corrected chi connectivity index (χ0v) is 12.4. The Morgan fingerprint density at radius 2 is 2.00 bits per heavy atom. The number of carbonyl (C=O) groups is 1. The molecule has 1 aliphatic rings. The molecule has 1 N–H and O–H groups in total. The maximum atomic E-state index is 10.5. The number of halogens is 1. The SMILES string of the molecule is CN1CCN(c2ccc(/C=C/C(=O)O)cc2Br)CC1. The average molecular weight is 325 g/mol. The van der Waals surface area contributed by atoms with Crippen molar-refractivity contribution in [1.82, 2.24) is 4.90 Å². The number of carboxylic acids is 1. The van der Waals surface area contributed by atoms with Crippen LogP contribution in [-0.2, 0) is 4.79 Å². The molecule has 0 bridgehead atoms. The molecule has 4 nitrogen and oxygen atoms in total. The average Bonchev–Trinajstić information content (AvgIpc) is 2.38. The van der Waals surface area contributed by atoms with Crippen molar-refractivity contribution in [2.24, 2.45) is 0 Å². The van der Waals surface area contributed by atoms with Crippen LogP contribution in [0, 0.1) is 0 Å². The molecule has 1 aromatic carbocycles. The van der Waals surface area contributed by atoms with Crippen LogP contribution in [0.4, 0.5) is 5.69 Å². The third-order valence-corrected chi connectivity index (χ3v) is 3.87. The quantitative estimate of drug-likeness (QED) is 0.866. The van der Waals surface area contributed by atoms with Crippen molar-refractivity contribution in [1.29, 1.82) is 0 Å². The van der Waals surface area contributed by atoms with Crippen molar-refractivity contribution >= 4 is 33.7 Å². The Bertz CT molecular complexity index is 494. The summed E-state index contributed by atoms with van der Waals surface area (Å²) < 4.78 is 1.00. The minimum absolute atomic E-state index is 0.882. The van der Waals surface area contributed by atoms with E-state index in [2.05, 4.69) is 32.8 Å². The van der Waals surface area contributed by atoms with Gasteiger partial charge in [-0.15, -0.1) is 0 Å². The van der Waals surface area contributed by atoms with Crippen LogP contribution in [0.15, 0.2) is 28.7 Å². The van der Waals surface area contributed by atoms with Crippen LogP contribution in [0.2, 0.25) is 0 Å². The summed E-state index contributed by atoms with van der Waals surface area (Å²) >= 11 is 3.57. The van der Waals surface area contributed by atoms with Crippen molar-refractivity contribution in [2.45, 2.75) is 0 Å². The van der Waals surface area contributed by atoms with E-state index in [-0.39, 0.29) is 0 Å². The summed E-state index contributed by atoms with van der Waals surface area (Å²) in [6.07, 6.45) is 2.75. The standard InChI is InChI=1S/C14H17BrN2O2/c1-16-6-8-17(9-7-16)13-4-2-11(10-12(13)15)3-5-14(18)19/h2-5,10H,6-9H2,1H3,(H,18,19)/b5-3+. The molecule has 1 heterocycles. The van der Waals surface area contributed by atoms with Gasteiger partial charge in [0.25, 0.3) is 0 Å². The van der Waals surface area contributed by atoms with E-state index in [1.165, 1.54) is 5.69 Å². The van der Waals surface area contributed by atoms with Crippen LogP contribution in [0.5, 0.6) is 0 Å². The number of likely N-dealkylation sites (N-methyl/N-ethyl adjacent to an activating group) is 1. The van der Waals surface area contributed by atoms with Crippen LogP contribution in [0.1, 0.15) is 5.56 Å². The summed E-state index contributed by atoms with van der Waals surface area (Å²) in [6.45, 7) is 4.15. The van der Waals surface area contributed by atoms with Gasteiger partial charge < -0.3 is 14.9 Å². The molecule has 1 aliphatic heterocycles. The molecule has 102 valence electrons. The molecule has 0 aliphatic carbocycles. The molecule has 0 spiro atoms. The number of nitrogens with zero attached hydrogens (tertiary/aromatic N) is 2. The highest BCUT2D eigenvalue weighted by Gasteiger charge is 2.16. The van der Waals surface area contributed by atoms with Crippen molar-refractivity contribution < 1.29 is 9.90 Å². The van der Waals surface area contributed by atoms with Crippen LogP contribution in [0.3, 0.4) is 0 Å². The lowest BCUT2D eigenvalue weighted by Crippen LogP contribution is -2.44. The third-order valence-electron chi connectivity index (χ3n) is 3.23. The first kappa shape index (κ1) is 14.1. The summed E-state index contributed by atoms with van der Waals surface area (Å²) in [5.41, 5.74) is 2.05. The van der Waals surface area contributed by atoms with Gasteiger partial charge in [-0.25, -0.2) is 4.79 Å². The van der Waals surface area contributed by atoms with Gasteiger partial charge in [0.15, 0.2) is 0 Å². The predicted molar refractivity (Wildman–Crippen MR) is 80.5 cm³/mol. The Balaban J connectivity index is 2.13. The van der Waals surface area contributed by atoms with E-state index in [0.717, 1.165) is 42.3 Å². The number of hydrogen-bond donors (Lipinski definition) is 1. The summed E-state index contributed by atoms with van der Waals surface area (Å²) in [5, 5.41) is 8.62. The number of piperazine rings is 1. The third kappa shape index (κ3) is 3.81. The normalized spacial score (nSPS) is 17.1. The number of aliphatic carboxylic acids is 1. The molecule has 1 saturated heterocycles. The highest BCUT2D eigenvalue weighted by atomic mass is 79.9. The maximum Gasteiger partial charge on any atom is 0.328 e. The van der Waals surface area contributed by atoms with Gasteiger partial charge in [-0.1, -0.05) is 6.07 Å². The molecule has 0 atom stereocenters. The van der Waals surface area contributed by atoms with E-state index in [0.29, 0.717) is 0 Å². The van der Waals surface area contributed by atoms with Gasteiger partial charge in [0, 0.05) is 36.7 Å². The molecule has 0 amide bonds. The molecule has 19 heavy (non-hydrogen) atoms. The Labute approximate surface area is 121 Å². The first-order valence-corrected chi connectivity index (χ1v) is 6.99. The van der Waals surface area contributed by atoms with Crippen LogP contribution in [0.25, 0.3) is 6.08 Å². The first-order valence-electron chi connectivity index (χ1n) is 6.20. The molecule has 0 unspecified atom stereocenters. The van der Waals surface area contributed by atoms with E-state index >= 15 is 0 Å². The molecule has 1 aromatic rings. The minimum atomic E-state index is -0.931. The van der Waals surface area contributed by atoms with Gasteiger partial charge in [0.1, 0.15) is 0 Å². The second-order valence-electron chi connectivity index (χ2n) is 4.67. The van der Waals surface area contributed by atoms with Gasteiger partial charge in [-0.2, -0.15) is 0 Å². The van der Waals surface area contributed by atoms with Crippen molar-refractivity contribution in [3.8, 4) is 0 Å². The molecule has 2 rings (SSSR count). The molecule has 0 saturated carbocycles. The zero-order chi connectivity index (χ0) is 13.8. The molecule has 0 aromatic heterocycles. The Morgan fingerprint density at radius 3 is 2.58 bits per heavy atom. The Hall–Kier alpha value is -1.33. The number of benzene rings is 1. The van der Waals surface area contributed by atoms with Crippen molar-refractivity contribution in [3.05, 3.63) is 34.3 Å². The summed E-state index contributed by atoms with van der Waals surface area (Å²) in [4.78, 5) is 15.1. The monoisotopic (exact) mass is 324 g/mol. The predicted octanol–water partition coefficient (Wildman–Crippen LogP) is 2.30. The fraction of sp³-hybridized carbons (Fsp3) is 0.357. The summed E-state index contributed by atoms with van der Waals surface area (Å²) in [7, 11) is 2.13. The highest BCUT2D eigenvalue weighted by Crippen LogP contribution is 2.28. The number of hydrogen-bond acceptors (Lipinski definition) is 3. The minimum Gasteiger partial charge on any atom is -0.478 e. The van der Waals surface area contributed by atoms with E-state index in [4.69, 9.17) is 5.11 Å². The van der Waals surface area contributed by atoms with Gasteiger partial charge >= 0.3 is 5.97 Å². The lowest BCUT2D eigenvalue weighted by Gasteiger charge is -2.34. The van der Waals surface area contributed by atoms with E-state index in [1.807, 2.05) is 18.2 Å². The summed E-state index contributed by atoms with van der Waals surface area (Å²) in [5.74, 6) is -0.931. The Kier molecular flexibility index (Phi) is 4.61. The van der Waals surface area contributed by atoms with E-state index in [9.17, 15) is 4.79 Å². The zero-order valence-electron chi connectivity index (χ0n) is 10.8. The molecule has 0 radical (unpaired) electrons. The largest absolute Gasteiger partial charge is 0.478 e. The summed E-state index contributed by atoms with van der Waals surface area (Å²) in [6, 6.07) is 5.93. The highest BCUT2D eigenvalue weighted by molar-refractivity contribution is 9.10. The van der Waals surface area contributed by atoms with Gasteiger partial charge in [-0.05, 0) is 46.7 Å². The van der Waals surface area contributed by atoms with Crippen molar-refractivity contribution in [3.63, 3.8) is 0 Å². The first-order chi connectivity index (χ1) is 9.06. The molecular weight excluding hydrogens is 308 g/mol. The van der Waals surface area contributed by atoms with Crippen LogP contribution >= 0.6 is 15.9 Å². The van der Waals surface area contributed by atoms with Crippen LogP contribution < -0.4 is 4.90 Å². The van der Waals surface area contributed by atoms with Gasteiger partial charge in [0.2, 0.25) is 0 Å². The van der Waals surface area contributed by atoms with E-state index < -0.39 is 5.97 Å². The fourth-order valence-corrected chi connectivity index (χ4v) is 2.75. The molecular formula is C14H17BrN2O2. The number of carboxylic acid groups (broad SMARTS) is 1. The van der Waals surface area contributed by atoms with Gasteiger partial charge in [0.05, 0.1) is 5.69 Å². The smallest absolute Gasteiger partial charge is 0.328 e. The number of rotatable bonds is 3. The topological polar surface area (TPSA) is 43.8 Å². The second kappa shape index (κ2) is 6.21.